The number of rotatable bonds is 5. The van der Waals surface area contributed by atoms with Crippen molar-refractivity contribution >= 4 is 40.0 Å². The van der Waals surface area contributed by atoms with Gasteiger partial charge in [0.05, 0.1) is 30.4 Å². The summed E-state index contributed by atoms with van der Waals surface area (Å²) in [6.07, 6.45) is 3.35. The number of amides is 1. The first-order valence-electron chi connectivity index (χ1n) is 10.8. The Hall–Kier alpha value is -3.29. The second kappa shape index (κ2) is 8.57. The van der Waals surface area contributed by atoms with Gasteiger partial charge >= 0.3 is 0 Å². The second-order valence-corrected chi connectivity index (χ2v) is 8.66. The molecule has 2 fully saturated rings. The zero-order valence-electron chi connectivity index (χ0n) is 18.0. The topological polar surface area (TPSA) is 91.9 Å². The lowest BCUT2D eigenvalue weighted by Gasteiger charge is -2.27. The van der Waals surface area contributed by atoms with Crippen LogP contribution in [0.15, 0.2) is 54.2 Å². The second-order valence-electron chi connectivity index (χ2n) is 8.22. The normalized spacial score (nSPS) is 22.4. The number of ketones is 1. The van der Waals surface area contributed by atoms with E-state index in [1.807, 2.05) is 24.3 Å². The first-order chi connectivity index (χ1) is 16.0. The number of likely N-dealkylation sites (tertiary alicyclic amines) is 1. The van der Waals surface area contributed by atoms with Crippen molar-refractivity contribution in [2.45, 2.75) is 25.0 Å². The fourth-order valence-electron chi connectivity index (χ4n) is 4.73. The van der Waals surface area contributed by atoms with E-state index in [9.17, 15) is 14.7 Å². The van der Waals surface area contributed by atoms with Gasteiger partial charge in [-0.25, -0.2) is 0 Å². The van der Waals surface area contributed by atoms with Gasteiger partial charge in [-0.2, -0.15) is 0 Å². The highest BCUT2D eigenvalue weighted by Crippen LogP contribution is 2.43. The maximum Gasteiger partial charge on any atom is 0.295 e. The van der Waals surface area contributed by atoms with Crippen LogP contribution in [0.3, 0.4) is 0 Å². The van der Waals surface area contributed by atoms with Crippen molar-refractivity contribution in [1.29, 1.82) is 0 Å². The molecule has 5 rings (SSSR count). The van der Waals surface area contributed by atoms with Crippen LogP contribution < -0.4 is 4.74 Å². The highest BCUT2D eigenvalue weighted by atomic mass is 35.5. The van der Waals surface area contributed by atoms with Gasteiger partial charge in [0.25, 0.3) is 11.7 Å². The van der Waals surface area contributed by atoms with Crippen LogP contribution in [0.25, 0.3) is 16.7 Å². The van der Waals surface area contributed by atoms with Crippen molar-refractivity contribution in [3.05, 3.63) is 70.4 Å². The Kier molecular flexibility index (Phi) is 5.60. The standard InChI is InChI=1S/C25H23ClN2O5/c1-32-20-9-8-14(26)11-17(20)23(29)21-22(18-12-27-19-7-3-2-6-16(18)19)28(25(31)24(21)30)13-15-5-4-10-33-15/h2-3,6-9,11-12,15,22,27,29H,4-5,10,13H2,1H3/b23-21+. The largest absolute Gasteiger partial charge is 0.507 e. The molecule has 170 valence electrons. The number of benzene rings is 2. The zero-order valence-corrected chi connectivity index (χ0v) is 18.8. The van der Waals surface area contributed by atoms with Gasteiger partial charge in [-0.05, 0) is 37.1 Å². The summed E-state index contributed by atoms with van der Waals surface area (Å²) >= 11 is 6.17. The molecule has 0 spiro atoms. The molecule has 0 radical (unpaired) electrons. The van der Waals surface area contributed by atoms with Crippen molar-refractivity contribution in [2.75, 3.05) is 20.3 Å². The highest BCUT2D eigenvalue weighted by molar-refractivity contribution is 6.46. The van der Waals surface area contributed by atoms with Crippen molar-refractivity contribution < 1.29 is 24.2 Å². The van der Waals surface area contributed by atoms with Crippen LogP contribution in [0.2, 0.25) is 5.02 Å². The molecule has 3 heterocycles. The molecule has 2 saturated heterocycles. The number of para-hydroxylation sites is 1. The summed E-state index contributed by atoms with van der Waals surface area (Å²) in [5, 5.41) is 12.6. The van der Waals surface area contributed by atoms with E-state index < -0.39 is 17.7 Å². The molecule has 7 nitrogen and oxygen atoms in total. The van der Waals surface area contributed by atoms with Gasteiger partial charge in [-0.15, -0.1) is 0 Å². The molecule has 2 aliphatic heterocycles. The smallest absolute Gasteiger partial charge is 0.295 e. The minimum atomic E-state index is -0.783. The van der Waals surface area contributed by atoms with E-state index in [0.717, 1.165) is 29.3 Å². The SMILES string of the molecule is COc1ccc(Cl)cc1/C(O)=C1\C(=O)C(=O)N(CC2CCCO2)C1c1c[nH]c2ccccc12. The van der Waals surface area contributed by atoms with E-state index in [1.54, 1.807) is 18.3 Å². The summed E-state index contributed by atoms with van der Waals surface area (Å²) in [5.41, 5.74) is 1.86. The summed E-state index contributed by atoms with van der Waals surface area (Å²) in [6, 6.07) is 11.6. The zero-order chi connectivity index (χ0) is 23.1. The van der Waals surface area contributed by atoms with Crippen molar-refractivity contribution in [3.63, 3.8) is 0 Å². The lowest BCUT2D eigenvalue weighted by molar-refractivity contribution is -0.140. The third-order valence-electron chi connectivity index (χ3n) is 6.30. The maximum atomic E-state index is 13.3. The van der Waals surface area contributed by atoms with E-state index in [2.05, 4.69) is 4.98 Å². The van der Waals surface area contributed by atoms with Crippen LogP contribution in [-0.4, -0.2) is 53.0 Å². The Morgan fingerprint density at radius 1 is 1.27 bits per heavy atom. The van der Waals surface area contributed by atoms with Crippen LogP contribution in [0.1, 0.15) is 30.0 Å². The van der Waals surface area contributed by atoms with Crippen LogP contribution in [0, 0.1) is 0 Å². The number of halogens is 1. The molecule has 8 heteroatoms. The molecule has 0 saturated carbocycles. The number of hydrogen-bond donors (Lipinski definition) is 2. The average Bonchev–Trinajstić information content (AvgIpc) is 3.54. The van der Waals surface area contributed by atoms with E-state index in [-0.39, 0.29) is 29.5 Å². The van der Waals surface area contributed by atoms with E-state index in [1.165, 1.54) is 18.1 Å². The van der Waals surface area contributed by atoms with Crippen molar-refractivity contribution in [1.82, 2.24) is 9.88 Å². The Labute approximate surface area is 195 Å². The number of aromatic amines is 1. The number of nitrogens with zero attached hydrogens (tertiary/aromatic N) is 1. The molecule has 2 atom stereocenters. The lowest BCUT2D eigenvalue weighted by Crippen LogP contribution is -2.36. The number of methoxy groups -OCH3 is 1. The molecule has 1 aromatic heterocycles. The fourth-order valence-corrected chi connectivity index (χ4v) is 4.90. The van der Waals surface area contributed by atoms with Gasteiger partial charge in [0.1, 0.15) is 11.5 Å². The van der Waals surface area contributed by atoms with E-state index in [0.29, 0.717) is 17.4 Å². The number of aliphatic hydroxyl groups excluding tert-OH is 1. The van der Waals surface area contributed by atoms with Crippen LogP contribution in [-0.2, 0) is 14.3 Å². The number of Topliss-reactive ketones (excluding diaryl/α,β-unsaturated/α-hetero) is 1. The third kappa shape index (κ3) is 3.67. The Bertz CT molecular complexity index is 1270. The highest BCUT2D eigenvalue weighted by Gasteiger charge is 2.48. The predicted molar refractivity (Wildman–Crippen MR) is 124 cm³/mol. The Balaban J connectivity index is 1.71. The van der Waals surface area contributed by atoms with Crippen molar-refractivity contribution in [3.8, 4) is 5.75 Å². The average molecular weight is 467 g/mol. The molecular formula is C25H23ClN2O5. The number of carbonyl (C=O) groups excluding carboxylic acids is 2. The van der Waals surface area contributed by atoms with E-state index in [4.69, 9.17) is 21.1 Å². The molecule has 0 aliphatic carbocycles. The monoisotopic (exact) mass is 466 g/mol. The number of aliphatic hydroxyl groups is 1. The van der Waals surface area contributed by atoms with Crippen LogP contribution in [0.4, 0.5) is 0 Å². The molecule has 2 aromatic carbocycles. The van der Waals surface area contributed by atoms with Gasteiger partial charge < -0.3 is 24.5 Å². The summed E-state index contributed by atoms with van der Waals surface area (Å²) in [6.45, 7) is 0.893. The number of nitrogens with one attached hydrogen (secondary N) is 1. The molecule has 2 unspecified atom stereocenters. The summed E-state index contributed by atoms with van der Waals surface area (Å²) < 4.78 is 11.1. The minimum Gasteiger partial charge on any atom is -0.507 e. The number of aromatic nitrogens is 1. The summed E-state index contributed by atoms with van der Waals surface area (Å²) in [7, 11) is 1.47. The first-order valence-corrected chi connectivity index (χ1v) is 11.2. The third-order valence-corrected chi connectivity index (χ3v) is 6.53. The molecular weight excluding hydrogens is 444 g/mol. The number of H-pyrrole nitrogens is 1. The number of carbonyl (C=O) groups is 2. The number of fused-ring (bicyclic) bond motifs is 1. The Morgan fingerprint density at radius 3 is 2.85 bits per heavy atom. The van der Waals surface area contributed by atoms with Crippen molar-refractivity contribution in [2.24, 2.45) is 0 Å². The molecule has 33 heavy (non-hydrogen) atoms. The van der Waals surface area contributed by atoms with E-state index >= 15 is 0 Å². The van der Waals surface area contributed by atoms with Gasteiger partial charge in [-0.3, -0.25) is 9.59 Å². The number of hydrogen-bond acceptors (Lipinski definition) is 5. The van der Waals surface area contributed by atoms with Crippen LogP contribution >= 0.6 is 11.6 Å². The quantitative estimate of drug-likeness (QED) is 0.329. The van der Waals surface area contributed by atoms with Gasteiger partial charge in [0.15, 0.2) is 0 Å². The molecule has 3 aromatic rings. The number of ether oxygens (including phenoxy) is 2. The van der Waals surface area contributed by atoms with Gasteiger partial charge in [0, 0.05) is 40.8 Å². The summed E-state index contributed by atoms with van der Waals surface area (Å²) in [4.78, 5) is 31.2. The Morgan fingerprint density at radius 2 is 2.09 bits per heavy atom. The molecule has 0 bridgehead atoms. The first kappa shape index (κ1) is 21.6. The molecule has 2 aliphatic rings. The molecule has 2 N–H and O–H groups in total. The predicted octanol–water partition coefficient (Wildman–Crippen LogP) is 4.43. The summed E-state index contributed by atoms with van der Waals surface area (Å²) in [5.74, 6) is -1.39. The lowest BCUT2D eigenvalue weighted by atomic mass is 9.94. The maximum absolute atomic E-state index is 13.3. The molecule has 1 amide bonds. The fraction of sp³-hybridized carbons (Fsp3) is 0.280. The van der Waals surface area contributed by atoms with Crippen LogP contribution in [0.5, 0.6) is 5.75 Å². The minimum absolute atomic E-state index is 0.00307. The van der Waals surface area contributed by atoms with Gasteiger partial charge in [0.2, 0.25) is 0 Å². The van der Waals surface area contributed by atoms with Gasteiger partial charge in [-0.1, -0.05) is 29.8 Å².